The number of hydrogen-bond donors (Lipinski definition) is 2. The quantitative estimate of drug-likeness (QED) is 0.679. The van der Waals surface area contributed by atoms with Crippen molar-refractivity contribution >= 4 is 5.91 Å². The van der Waals surface area contributed by atoms with Gasteiger partial charge in [0.25, 0.3) is 0 Å². The molecule has 0 heterocycles. The molecule has 76 valence electrons. The monoisotopic (exact) mass is 176 g/mol. The van der Waals surface area contributed by atoms with E-state index < -0.39 is 5.54 Å². The predicted octanol–water partition coefficient (Wildman–Crippen LogP) is 1.39. The second-order valence-corrected chi connectivity index (χ2v) is 3.78. The smallest absolute Gasteiger partial charge is 0.239 e. The number of likely N-dealkylation sites (N-methyl/N-ethyl adjacent to an activating group) is 1. The molecule has 0 aromatic carbocycles. The Hall–Kier alpha value is -0.570. The molecule has 0 aliphatic rings. The molecule has 0 saturated carbocycles. The van der Waals surface area contributed by atoms with Gasteiger partial charge < -0.3 is 10.6 Å². The molecule has 0 fully saturated rings. The van der Waals surface area contributed by atoms with E-state index in [4.69, 9.17) is 0 Å². The largest absolute Gasteiger partial charge is 0.355 e. The third-order valence-corrected chi connectivity index (χ3v) is 1.55. The van der Waals surface area contributed by atoms with Gasteiger partial charge in [0, 0.05) is 15.4 Å². The Kier molecular flexibility index (Phi) is 4.24. The van der Waals surface area contributed by atoms with Crippen LogP contribution in [0.5, 0.6) is 0 Å². The molecule has 12 heavy (non-hydrogen) atoms. The van der Waals surface area contributed by atoms with Crippen molar-refractivity contribution in [3.05, 3.63) is 0 Å². The van der Waals surface area contributed by atoms with E-state index >= 15 is 0 Å². The Labute approximate surface area is 77.9 Å². The summed E-state index contributed by atoms with van der Waals surface area (Å²) in [5, 5.41) is 5.98. The van der Waals surface area contributed by atoms with Gasteiger partial charge in [-0.2, -0.15) is 0 Å². The number of hydrogen-bond acceptors (Lipinski definition) is 2. The van der Waals surface area contributed by atoms with Crippen molar-refractivity contribution in [3.63, 3.8) is 0 Å². The molecule has 0 aliphatic carbocycles. The van der Waals surface area contributed by atoms with Gasteiger partial charge in [-0.15, -0.1) is 0 Å². The van der Waals surface area contributed by atoms with Crippen LogP contribution in [0.15, 0.2) is 0 Å². The number of rotatable bonds is 4. The molecule has 0 radical (unpaired) electrons. The maximum Gasteiger partial charge on any atom is 0.239 e. The first kappa shape index (κ1) is 11.4. The van der Waals surface area contributed by atoms with Gasteiger partial charge in [0.2, 0.25) is 5.91 Å². The minimum atomic E-state index is -0.468. The molecule has 0 bridgehead atoms. The summed E-state index contributed by atoms with van der Waals surface area (Å²) in [6, 6.07) is 0.322. The van der Waals surface area contributed by atoms with E-state index in [2.05, 4.69) is 10.6 Å². The average Bonchev–Trinajstić information content (AvgIpc) is 1.85. The number of carbonyl (C=O) groups is 1. The number of carbonyl (C=O) groups excluding carboxylic acids is 1. The third-order valence-electron chi connectivity index (χ3n) is 1.55. The van der Waals surface area contributed by atoms with Crippen LogP contribution in [0.4, 0.5) is 0 Å². The highest BCUT2D eigenvalue weighted by Crippen LogP contribution is 2.03. The van der Waals surface area contributed by atoms with E-state index in [0.717, 1.165) is 0 Å². The van der Waals surface area contributed by atoms with Gasteiger partial charge in [0.1, 0.15) is 0 Å². The summed E-state index contributed by atoms with van der Waals surface area (Å²) < 4.78 is 0. The lowest BCUT2D eigenvalue weighted by Crippen LogP contribution is -2.54. The minimum absolute atomic E-state index is 0. The van der Waals surface area contributed by atoms with Crippen molar-refractivity contribution in [2.45, 2.75) is 46.2 Å². The Morgan fingerprint density at radius 3 is 2.33 bits per heavy atom. The van der Waals surface area contributed by atoms with Crippen molar-refractivity contribution in [3.8, 4) is 0 Å². The van der Waals surface area contributed by atoms with E-state index in [-0.39, 0.29) is 8.76 Å². The molecule has 0 aliphatic heterocycles. The van der Waals surface area contributed by atoms with Crippen LogP contribution < -0.4 is 10.6 Å². The van der Waals surface area contributed by atoms with Crippen LogP contribution >= 0.6 is 0 Å². The molecule has 0 unspecified atom stereocenters. The second kappa shape index (κ2) is 4.45. The van der Waals surface area contributed by atoms with Crippen LogP contribution in [-0.2, 0) is 4.79 Å². The molecule has 1 amide bonds. The van der Waals surface area contributed by atoms with Gasteiger partial charge in [0.05, 0.1) is 5.54 Å². The molecule has 2 N–H and O–H groups in total. The summed E-state index contributed by atoms with van der Waals surface area (Å²) in [7, 11) is 0. The maximum absolute atomic E-state index is 11.4. The zero-order chi connectivity index (χ0) is 9.78. The van der Waals surface area contributed by atoms with E-state index in [0.29, 0.717) is 12.6 Å². The lowest BCUT2D eigenvalue weighted by molar-refractivity contribution is -0.126. The van der Waals surface area contributed by atoms with Crippen molar-refractivity contribution in [2.24, 2.45) is 0 Å². The highest BCUT2D eigenvalue weighted by atomic mass is 16.2. The number of nitrogens with one attached hydrogen (secondary N) is 2. The third kappa shape index (κ3) is 3.72. The molecule has 0 atom stereocenters. The van der Waals surface area contributed by atoms with Crippen LogP contribution in [0, 0.1) is 0 Å². The molecule has 0 aromatic rings. The fourth-order valence-electron chi connectivity index (χ4n) is 1.17. The van der Waals surface area contributed by atoms with E-state index in [1.807, 2.05) is 34.6 Å². The van der Waals surface area contributed by atoms with Gasteiger partial charge in [0.15, 0.2) is 0 Å². The molecule has 3 heteroatoms. The second-order valence-electron chi connectivity index (χ2n) is 3.78. The summed E-state index contributed by atoms with van der Waals surface area (Å²) in [5.41, 5.74) is -0.468. The fraction of sp³-hybridized carbons (Fsp3) is 0.889. The van der Waals surface area contributed by atoms with Crippen LogP contribution in [-0.4, -0.2) is 24.0 Å². The SMILES string of the molecule is CCNC(=O)C(C)(C)NC(C)C.[HH].[HH]. The molecule has 3 nitrogen and oxygen atoms in total. The van der Waals surface area contributed by atoms with E-state index in [1.54, 1.807) is 0 Å². The van der Waals surface area contributed by atoms with Crippen molar-refractivity contribution < 1.29 is 7.65 Å². The first-order chi connectivity index (χ1) is 5.40. The van der Waals surface area contributed by atoms with Crippen LogP contribution in [0.25, 0.3) is 0 Å². The molecule has 0 spiro atoms. The average molecular weight is 176 g/mol. The zero-order valence-corrected chi connectivity index (χ0v) is 8.69. The first-order valence-electron chi connectivity index (χ1n) is 4.46. The van der Waals surface area contributed by atoms with Crippen molar-refractivity contribution in [1.82, 2.24) is 10.6 Å². The molecule has 0 saturated heterocycles. The first-order valence-corrected chi connectivity index (χ1v) is 4.46. The topological polar surface area (TPSA) is 41.1 Å². The van der Waals surface area contributed by atoms with Gasteiger partial charge in [-0.3, -0.25) is 4.79 Å². The Morgan fingerprint density at radius 1 is 1.50 bits per heavy atom. The van der Waals surface area contributed by atoms with E-state index in [9.17, 15) is 4.79 Å². The summed E-state index contributed by atoms with van der Waals surface area (Å²) in [5.74, 6) is 0.0544. The molecular weight excluding hydrogens is 152 g/mol. The minimum Gasteiger partial charge on any atom is -0.355 e. The van der Waals surface area contributed by atoms with E-state index in [1.165, 1.54) is 0 Å². The Morgan fingerprint density at radius 2 is 2.00 bits per heavy atom. The van der Waals surface area contributed by atoms with Crippen LogP contribution in [0.2, 0.25) is 0 Å². The van der Waals surface area contributed by atoms with Gasteiger partial charge in [-0.1, -0.05) is 0 Å². The van der Waals surface area contributed by atoms with Gasteiger partial charge in [-0.25, -0.2) is 0 Å². The van der Waals surface area contributed by atoms with Gasteiger partial charge >= 0.3 is 0 Å². The predicted molar refractivity (Wildman–Crippen MR) is 55.3 cm³/mol. The standard InChI is InChI=1S/C9H20N2O.2H2/c1-6-10-8(12)9(4,5)11-7(2)3;;/h7,11H,6H2,1-5H3,(H,10,12);2*1H. The van der Waals surface area contributed by atoms with Gasteiger partial charge in [-0.05, 0) is 34.6 Å². The highest BCUT2D eigenvalue weighted by Gasteiger charge is 2.26. The molecule has 0 rings (SSSR count). The van der Waals surface area contributed by atoms with Crippen LogP contribution in [0.3, 0.4) is 0 Å². The maximum atomic E-state index is 11.4. The molecular formula is C9H24N2O. The Bertz CT molecular complexity index is 161. The number of amides is 1. The summed E-state index contributed by atoms with van der Waals surface area (Å²) >= 11 is 0. The van der Waals surface area contributed by atoms with Crippen LogP contribution in [0.1, 0.15) is 37.5 Å². The lowest BCUT2D eigenvalue weighted by atomic mass is 10.0. The summed E-state index contributed by atoms with van der Waals surface area (Å²) in [6.07, 6.45) is 0. The summed E-state index contributed by atoms with van der Waals surface area (Å²) in [6.45, 7) is 10.4. The lowest BCUT2D eigenvalue weighted by Gasteiger charge is -2.27. The molecule has 0 aromatic heterocycles. The van der Waals surface area contributed by atoms with Crippen molar-refractivity contribution in [1.29, 1.82) is 0 Å². The normalized spacial score (nSPS) is 11.8. The zero-order valence-electron chi connectivity index (χ0n) is 8.69. The highest BCUT2D eigenvalue weighted by molar-refractivity contribution is 5.85. The fourth-order valence-corrected chi connectivity index (χ4v) is 1.17. The Balaban J connectivity index is -0.000000605. The van der Waals surface area contributed by atoms with Crippen molar-refractivity contribution in [2.75, 3.05) is 6.54 Å². The summed E-state index contributed by atoms with van der Waals surface area (Å²) in [4.78, 5) is 11.4.